The van der Waals surface area contributed by atoms with Crippen LogP contribution in [0.5, 0.6) is 0 Å². The minimum Gasteiger partial charge on any atom is -0.362 e. The molecule has 4 N–H and O–H groups in total. The van der Waals surface area contributed by atoms with Gasteiger partial charge in [-0.25, -0.2) is 14.9 Å². The Balaban J connectivity index is 1.72. The summed E-state index contributed by atoms with van der Waals surface area (Å²) < 4.78 is 13.5. The van der Waals surface area contributed by atoms with Gasteiger partial charge in [0.15, 0.2) is 0 Å². The normalized spacial score (nSPS) is 19.6. The van der Waals surface area contributed by atoms with E-state index in [4.69, 9.17) is 5.21 Å². The highest BCUT2D eigenvalue weighted by atomic mass is 19.1. The Labute approximate surface area is 150 Å². The van der Waals surface area contributed by atoms with Crippen molar-refractivity contribution < 1.29 is 14.4 Å². The predicted octanol–water partition coefficient (Wildman–Crippen LogP) is 1.52. The van der Waals surface area contributed by atoms with E-state index in [-0.39, 0.29) is 11.4 Å². The molecule has 1 aliphatic rings. The van der Waals surface area contributed by atoms with E-state index in [1.807, 2.05) is 6.07 Å². The van der Waals surface area contributed by atoms with Gasteiger partial charge in [-0.05, 0) is 43.2 Å². The summed E-state index contributed by atoms with van der Waals surface area (Å²) in [5.74, 6) is -0.277. The van der Waals surface area contributed by atoms with Gasteiger partial charge in [0.2, 0.25) is 0 Å². The molecule has 1 aromatic carbocycles. The van der Waals surface area contributed by atoms with Crippen molar-refractivity contribution in [2.75, 3.05) is 18.4 Å². The van der Waals surface area contributed by atoms with Crippen molar-refractivity contribution >= 4 is 17.8 Å². The van der Waals surface area contributed by atoms with E-state index < -0.39 is 5.91 Å². The van der Waals surface area contributed by atoms with Crippen LogP contribution in [-0.4, -0.2) is 39.7 Å². The summed E-state index contributed by atoms with van der Waals surface area (Å²) in [5.41, 5.74) is 2.65. The highest BCUT2D eigenvalue weighted by Crippen LogP contribution is 2.25. The van der Waals surface area contributed by atoms with Crippen molar-refractivity contribution in [1.82, 2.24) is 20.8 Å². The second-order valence-corrected chi connectivity index (χ2v) is 6.27. The van der Waals surface area contributed by atoms with E-state index in [0.29, 0.717) is 17.9 Å². The van der Waals surface area contributed by atoms with Crippen LogP contribution in [0.3, 0.4) is 0 Å². The molecule has 2 aromatic rings. The summed E-state index contributed by atoms with van der Waals surface area (Å²) in [6.45, 7) is 1.61. The molecule has 8 heteroatoms. The van der Waals surface area contributed by atoms with Crippen LogP contribution < -0.4 is 16.1 Å². The molecule has 1 aromatic heterocycles. The molecule has 1 atom stereocenters. The fraction of sp³-hybridized carbons (Fsp3) is 0.278. The maximum Gasteiger partial charge on any atom is 0.267 e. The first-order valence-electron chi connectivity index (χ1n) is 8.26. The number of hydrogen-bond acceptors (Lipinski definition) is 6. The lowest BCUT2D eigenvalue weighted by Gasteiger charge is -2.30. The average Bonchev–Trinajstić information content (AvgIpc) is 3.08. The van der Waals surface area contributed by atoms with Crippen LogP contribution in [-0.2, 0) is 11.2 Å². The number of amides is 1. The van der Waals surface area contributed by atoms with Crippen molar-refractivity contribution in [2.24, 2.45) is 0 Å². The molecule has 1 aliphatic heterocycles. The number of hydrogen-bond donors (Lipinski definition) is 4. The highest BCUT2D eigenvalue weighted by Gasteiger charge is 2.34. The molecule has 0 spiro atoms. The van der Waals surface area contributed by atoms with Crippen LogP contribution in [0, 0.1) is 5.82 Å². The molecule has 0 aliphatic carbocycles. The summed E-state index contributed by atoms with van der Waals surface area (Å²) >= 11 is 0. The number of benzene rings is 1. The Morgan fingerprint density at radius 1 is 1.38 bits per heavy atom. The van der Waals surface area contributed by atoms with E-state index >= 15 is 0 Å². The Morgan fingerprint density at radius 3 is 2.92 bits per heavy atom. The topological polar surface area (TPSA) is 99.2 Å². The van der Waals surface area contributed by atoms with Crippen LogP contribution in [0.2, 0.25) is 0 Å². The molecule has 1 fully saturated rings. The second kappa shape index (κ2) is 8.03. The Morgan fingerprint density at radius 2 is 2.27 bits per heavy atom. The minimum atomic E-state index is -0.639. The molecule has 7 nitrogen and oxygen atoms in total. The average molecular weight is 357 g/mol. The van der Waals surface area contributed by atoms with Crippen molar-refractivity contribution in [3.05, 3.63) is 59.8 Å². The van der Waals surface area contributed by atoms with Gasteiger partial charge >= 0.3 is 0 Å². The number of carbonyl (C=O) groups is 1. The zero-order valence-corrected chi connectivity index (χ0v) is 14.1. The third-order valence-electron chi connectivity index (χ3n) is 4.26. The van der Waals surface area contributed by atoms with E-state index in [1.165, 1.54) is 23.8 Å². The molecular formula is C18H20FN5O2. The lowest BCUT2D eigenvalue weighted by atomic mass is 9.90. The zero-order valence-electron chi connectivity index (χ0n) is 14.1. The van der Waals surface area contributed by atoms with Gasteiger partial charge in [0.1, 0.15) is 11.6 Å². The van der Waals surface area contributed by atoms with Crippen LogP contribution >= 0.6 is 0 Å². The SMILES string of the molecule is O=C(/C=C/c1cnc(N[C@]2(Cc3cccc(F)c3)CCNC2)cn1)NO. The van der Waals surface area contributed by atoms with Gasteiger partial charge < -0.3 is 10.6 Å². The first kappa shape index (κ1) is 18.0. The summed E-state index contributed by atoms with van der Waals surface area (Å²) in [6.07, 6.45) is 7.26. The standard InChI is InChI=1S/C18H20FN5O2/c19-14-3-1-2-13(8-14)9-18(6-7-20-12-18)23-16-11-21-15(10-22-16)4-5-17(25)24-26/h1-5,8,10-11,20,26H,6-7,9,12H2,(H,22,23)(H,24,25)/b5-4+/t18-/m0/s1. The molecule has 2 heterocycles. The number of carbonyl (C=O) groups excluding carboxylic acids is 1. The molecule has 0 saturated carbocycles. The molecule has 0 unspecified atom stereocenters. The van der Waals surface area contributed by atoms with Crippen LogP contribution in [0.15, 0.2) is 42.7 Å². The van der Waals surface area contributed by atoms with Gasteiger partial charge in [-0.1, -0.05) is 12.1 Å². The van der Waals surface area contributed by atoms with Crippen LogP contribution in [0.1, 0.15) is 17.7 Å². The minimum absolute atomic E-state index is 0.244. The third kappa shape index (κ3) is 4.62. The molecule has 1 saturated heterocycles. The van der Waals surface area contributed by atoms with Crippen molar-refractivity contribution in [2.45, 2.75) is 18.4 Å². The highest BCUT2D eigenvalue weighted by molar-refractivity contribution is 5.90. The lowest BCUT2D eigenvalue weighted by molar-refractivity contribution is -0.124. The summed E-state index contributed by atoms with van der Waals surface area (Å²) in [6, 6.07) is 6.61. The zero-order chi connectivity index (χ0) is 18.4. The maximum atomic E-state index is 13.5. The van der Waals surface area contributed by atoms with Gasteiger partial charge in [0, 0.05) is 12.6 Å². The molecule has 1 amide bonds. The Hall–Kier alpha value is -2.84. The maximum absolute atomic E-state index is 13.5. The van der Waals surface area contributed by atoms with Gasteiger partial charge in [-0.3, -0.25) is 15.0 Å². The second-order valence-electron chi connectivity index (χ2n) is 6.27. The van der Waals surface area contributed by atoms with Crippen LogP contribution in [0.4, 0.5) is 10.2 Å². The number of halogens is 1. The first-order valence-corrected chi connectivity index (χ1v) is 8.26. The smallest absolute Gasteiger partial charge is 0.267 e. The summed E-state index contributed by atoms with van der Waals surface area (Å²) in [7, 11) is 0. The van der Waals surface area contributed by atoms with Gasteiger partial charge in [0.05, 0.1) is 23.6 Å². The number of nitrogens with one attached hydrogen (secondary N) is 3. The number of hydroxylamine groups is 1. The molecular weight excluding hydrogens is 337 g/mol. The number of rotatable bonds is 6. The first-order chi connectivity index (χ1) is 12.6. The van der Waals surface area contributed by atoms with Gasteiger partial charge in [-0.15, -0.1) is 0 Å². The number of nitrogens with zero attached hydrogens (tertiary/aromatic N) is 2. The van der Waals surface area contributed by atoms with E-state index in [9.17, 15) is 9.18 Å². The third-order valence-corrected chi connectivity index (χ3v) is 4.26. The fourth-order valence-corrected chi connectivity index (χ4v) is 3.04. The predicted molar refractivity (Wildman–Crippen MR) is 94.9 cm³/mol. The van der Waals surface area contributed by atoms with Gasteiger partial charge in [0.25, 0.3) is 5.91 Å². The number of anilines is 1. The van der Waals surface area contributed by atoms with E-state index in [0.717, 1.165) is 31.1 Å². The van der Waals surface area contributed by atoms with Gasteiger partial charge in [-0.2, -0.15) is 0 Å². The lowest BCUT2D eigenvalue weighted by Crippen LogP contribution is -2.43. The Bertz CT molecular complexity index is 788. The molecule has 0 radical (unpaired) electrons. The summed E-state index contributed by atoms with van der Waals surface area (Å²) in [4.78, 5) is 19.5. The quantitative estimate of drug-likeness (QED) is 0.355. The van der Waals surface area contributed by atoms with E-state index in [2.05, 4.69) is 20.6 Å². The molecule has 136 valence electrons. The van der Waals surface area contributed by atoms with Crippen molar-refractivity contribution in [3.63, 3.8) is 0 Å². The fourth-order valence-electron chi connectivity index (χ4n) is 3.04. The van der Waals surface area contributed by atoms with Crippen LogP contribution in [0.25, 0.3) is 6.08 Å². The largest absolute Gasteiger partial charge is 0.362 e. The van der Waals surface area contributed by atoms with E-state index in [1.54, 1.807) is 18.3 Å². The monoisotopic (exact) mass is 357 g/mol. The molecule has 3 rings (SSSR count). The summed E-state index contributed by atoms with van der Waals surface area (Å²) in [5, 5.41) is 15.2. The van der Waals surface area contributed by atoms with Crippen molar-refractivity contribution in [1.29, 1.82) is 0 Å². The van der Waals surface area contributed by atoms with Crippen molar-refractivity contribution in [3.8, 4) is 0 Å². The number of aromatic nitrogens is 2. The molecule has 0 bridgehead atoms. The Kier molecular flexibility index (Phi) is 5.55. The molecule has 26 heavy (non-hydrogen) atoms.